The molecule has 1 atom stereocenters. The van der Waals surface area contributed by atoms with Crippen LogP contribution in [-0.4, -0.2) is 68.5 Å². The summed E-state index contributed by atoms with van der Waals surface area (Å²) >= 11 is 0. The third-order valence-corrected chi connectivity index (χ3v) is 12.6. The zero-order chi connectivity index (χ0) is 33.8. The van der Waals surface area contributed by atoms with Crippen molar-refractivity contribution in [2.75, 3.05) is 20.3 Å². The van der Waals surface area contributed by atoms with Gasteiger partial charge in [0, 0.05) is 60.5 Å². The standard InChI is InChI=1S/C37H56N4O4Si2/c1-37(2)17-16-31-34(24-37)41(27-44-19-21-47(6,7)8)38-35(31)33-22-29-14-15-30(23-32(29)40(33)26-43-18-20-46(4)5)39(3)36(42)45-25-28-12-10-9-11-13-28/h9-15,22,30,46H,16-21,23-27H2,1-8H3. The number of fused-ring (bicyclic) bond motifs is 2. The minimum Gasteiger partial charge on any atom is -0.445 e. The summed E-state index contributed by atoms with van der Waals surface area (Å²) in [6.45, 7) is 19.3. The fourth-order valence-corrected chi connectivity index (χ4v) is 7.74. The second-order valence-corrected chi connectivity index (χ2v) is 24.8. The van der Waals surface area contributed by atoms with Gasteiger partial charge in [0.05, 0.1) is 11.7 Å². The highest BCUT2D eigenvalue weighted by Gasteiger charge is 2.34. The van der Waals surface area contributed by atoms with E-state index in [1.165, 1.54) is 17.0 Å². The van der Waals surface area contributed by atoms with Crippen molar-refractivity contribution in [1.82, 2.24) is 19.2 Å². The minimum absolute atomic E-state index is 0.123. The second kappa shape index (κ2) is 15.1. The molecule has 0 aliphatic heterocycles. The van der Waals surface area contributed by atoms with E-state index in [2.05, 4.69) is 74.0 Å². The number of aromatic nitrogens is 3. The van der Waals surface area contributed by atoms with Crippen LogP contribution in [0.15, 0.2) is 42.5 Å². The first-order chi connectivity index (χ1) is 22.3. The van der Waals surface area contributed by atoms with Crippen molar-refractivity contribution in [3.05, 3.63) is 70.6 Å². The van der Waals surface area contributed by atoms with Crippen LogP contribution in [0.4, 0.5) is 4.79 Å². The minimum atomic E-state index is -1.18. The summed E-state index contributed by atoms with van der Waals surface area (Å²) in [5, 5.41) is 5.28. The van der Waals surface area contributed by atoms with Gasteiger partial charge in [0.2, 0.25) is 0 Å². The number of ether oxygens (including phenoxy) is 3. The van der Waals surface area contributed by atoms with E-state index in [1.54, 1.807) is 4.90 Å². The van der Waals surface area contributed by atoms with Gasteiger partial charge < -0.3 is 23.7 Å². The van der Waals surface area contributed by atoms with E-state index in [1.807, 2.05) is 37.4 Å². The lowest BCUT2D eigenvalue weighted by atomic mass is 9.76. The number of carbonyl (C=O) groups excluding carboxylic acids is 1. The molecule has 2 heterocycles. The highest BCUT2D eigenvalue weighted by molar-refractivity contribution is 6.76. The van der Waals surface area contributed by atoms with Crippen LogP contribution in [0.25, 0.3) is 17.5 Å². The Morgan fingerprint density at radius 2 is 1.83 bits per heavy atom. The number of benzene rings is 1. The first-order valence-electron chi connectivity index (χ1n) is 17.4. The highest BCUT2D eigenvalue weighted by Crippen LogP contribution is 2.41. The van der Waals surface area contributed by atoms with Crippen LogP contribution in [0, 0.1) is 5.41 Å². The van der Waals surface area contributed by atoms with Crippen LogP contribution in [0.2, 0.25) is 44.8 Å². The Bertz CT molecular complexity index is 1540. The SMILES string of the molecule is CN(C(=O)OCc1ccccc1)C1C=Cc2cc(-c3nn(COCC[Si](C)(C)C)c4c3CCC(C)(C)C4)n(COCC[SiH](C)C)c2C1. The largest absolute Gasteiger partial charge is 0.445 e. The lowest BCUT2D eigenvalue weighted by Crippen LogP contribution is -2.39. The van der Waals surface area contributed by atoms with Crippen LogP contribution >= 0.6 is 0 Å². The molecule has 0 saturated carbocycles. The molecule has 3 aromatic rings. The first kappa shape index (κ1) is 35.4. The van der Waals surface area contributed by atoms with E-state index >= 15 is 0 Å². The molecular weight excluding hydrogens is 621 g/mol. The van der Waals surface area contributed by atoms with Gasteiger partial charge >= 0.3 is 6.09 Å². The van der Waals surface area contributed by atoms with Crippen molar-refractivity contribution < 1.29 is 19.0 Å². The van der Waals surface area contributed by atoms with E-state index in [0.29, 0.717) is 19.9 Å². The van der Waals surface area contributed by atoms with Crippen molar-refractivity contribution in [3.8, 4) is 11.4 Å². The molecule has 256 valence electrons. The molecular formula is C37H56N4O4Si2. The lowest BCUT2D eigenvalue weighted by Gasteiger charge is -2.30. The molecule has 0 bridgehead atoms. The summed E-state index contributed by atoms with van der Waals surface area (Å²) in [7, 11) is -0.0787. The van der Waals surface area contributed by atoms with Gasteiger partial charge in [-0.15, -0.1) is 0 Å². The quantitative estimate of drug-likeness (QED) is 0.129. The zero-order valence-corrected chi connectivity index (χ0v) is 32.1. The van der Waals surface area contributed by atoms with Crippen molar-refractivity contribution in [2.24, 2.45) is 5.41 Å². The normalized spacial score (nSPS) is 17.1. The molecule has 1 amide bonds. The van der Waals surface area contributed by atoms with Crippen LogP contribution in [0.3, 0.4) is 0 Å². The van der Waals surface area contributed by atoms with Gasteiger partial charge in [-0.3, -0.25) is 0 Å². The lowest BCUT2D eigenvalue weighted by molar-refractivity contribution is 0.0746. The molecule has 2 aliphatic rings. The molecule has 47 heavy (non-hydrogen) atoms. The number of hydrogen-bond acceptors (Lipinski definition) is 5. The molecule has 0 saturated heterocycles. The van der Waals surface area contributed by atoms with Gasteiger partial charge in [-0.05, 0) is 54.0 Å². The number of carbonyl (C=O) groups is 1. The number of hydrogen-bond donors (Lipinski definition) is 0. The predicted octanol–water partition coefficient (Wildman–Crippen LogP) is 7.85. The van der Waals surface area contributed by atoms with Crippen LogP contribution < -0.4 is 0 Å². The molecule has 2 aliphatic carbocycles. The maximum Gasteiger partial charge on any atom is 0.410 e. The third kappa shape index (κ3) is 9.16. The van der Waals surface area contributed by atoms with E-state index < -0.39 is 16.9 Å². The average molecular weight is 677 g/mol. The molecule has 8 nitrogen and oxygen atoms in total. The molecule has 0 N–H and O–H groups in total. The van der Waals surface area contributed by atoms with Crippen molar-refractivity contribution in [2.45, 2.75) is 110 Å². The van der Waals surface area contributed by atoms with Crippen LogP contribution in [-0.2, 0) is 53.5 Å². The Labute approximate surface area is 284 Å². The summed E-state index contributed by atoms with van der Waals surface area (Å²) in [5.74, 6) is 0. The van der Waals surface area contributed by atoms with Crippen molar-refractivity contribution in [1.29, 1.82) is 0 Å². The van der Waals surface area contributed by atoms with Gasteiger partial charge in [0.25, 0.3) is 0 Å². The Balaban J connectivity index is 1.42. The number of nitrogens with zero attached hydrogens (tertiary/aromatic N) is 4. The second-order valence-electron chi connectivity index (χ2n) is 15.8. The van der Waals surface area contributed by atoms with E-state index in [-0.39, 0.29) is 24.2 Å². The van der Waals surface area contributed by atoms with Gasteiger partial charge in [0.1, 0.15) is 25.8 Å². The Hall–Kier alpha value is -2.93. The van der Waals surface area contributed by atoms with Crippen molar-refractivity contribution >= 4 is 29.0 Å². The molecule has 0 radical (unpaired) electrons. The van der Waals surface area contributed by atoms with E-state index in [0.717, 1.165) is 67.1 Å². The highest BCUT2D eigenvalue weighted by atomic mass is 28.3. The smallest absolute Gasteiger partial charge is 0.410 e. The molecule has 0 fully saturated rings. The summed E-state index contributed by atoms with van der Waals surface area (Å²) < 4.78 is 22.7. The molecule has 2 aromatic heterocycles. The van der Waals surface area contributed by atoms with Crippen molar-refractivity contribution in [3.63, 3.8) is 0 Å². The number of likely N-dealkylation sites (N-methyl/N-ethyl adjacent to an activating group) is 1. The maximum absolute atomic E-state index is 13.1. The zero-order valence-electron chi connectivity index (χ0n) is 30.0. The maximum atomic E-state index is 13.1. The van der Waals surface area contributed by atoms with Crippen LogP contribution in [0.5, 0.6) is 0 Å². The Kier molecular flexibility index (Phi) is 11.4. The van der Waals surface area contributed by atoms with Gasteiger partial charge in [-0.2, -0.15) is 5.10 Å². The molecule has 1 aromatic carbocycles. The summed E-state index contributed by atoms with van der Waals surface area (Å²) in [6.07, 6.45) is 7.74. The van der Waals surface area contributed by atoms with E-state index in [4.69, 9.17) is 19.3 Å². The van der Waals surface area contributed by atoms with Gasteiger partial charge in [0.15, 0.2) is 0 Å². The Morgan fingerprint density at radius 3 is 2.55 bits per heavy atom. The van der Waals surface area contributed by atoms with Gasteiger partial charge in [-0.25, -0.2) is 9.48 Å². The topological polar surface area (TPSA) is 70.8 Å². The molecule has 0 spiro atoms. The fraction of sp³-hybridized carbons (Fsp3) is 0.568. The molecule has 1 unspecified atom stereocenters. The van der Waals surface area contributed by atoms with Gasteiger partial charge in [-0.1, -0.05) is 89.1 Å². The fourth-order valence-electron chi connectivity index (χ4n) is 6.35. The molecule has 5 rings (SSSR count). The number of amides is 1. The monoisotopic (exact) mass is 676 g/mol. The predicted molar refractivity (Wildman–Crippen MR) is 196 cm³/mol. The van der Waals surface area contributed by atoms with Crippen LogP contribution in [0.1, 0.15) is 48.3 Å². The average Bonchev–Trinajstić information content (AvgIpc) is 3.56. The van der Waals surface area contributed by atoms with E-state index in [9.17, 15) is 4.79 Å². The summed E-state index contributed by atoms with van der Waals surface area (Å²) in [6, 6.07) is 14.2. The first-order valence-corrected chi connectivity index (χ1v) is 24.2. The number of rotatable bonds is 14. The summed E-state index contributed by atoms with van der Waals surface area (Å²) in [4.78, 5) is 14.8. The molecule has 10 heteroatoms. The third-order valence-electron chi connectivity index (χ3n) is 9.51. The Morgan fingerprint density at radius 1 is 1.09 bits per heavy atom. The summed E-state index contributed by atoms with van der Waals surface area (Å²) in [5.41, 5.74) is 8.30.